The average Bonchev–Trinajstić information content (AvgIpc) is 2.88. The Bertz CT molecular complexity index is 675. The standard InChI is InChI=1S/C16H17ClN2O3/c1-9(20)15-13(16(21)18-12-3-2-4-12)14(19-22-15)10-5-7-11(17)8-6-10/h5-9,12,20H,2-4H2,1H3,(H,18,21). The number of nitrogens with one attached hydrogen (secondary N) is 1. The van der Waals surface area contributed by atoms with Crippen LogP contribution in [0.2, 0.25) is 5.02 Å². The van der Waals surface area contributed by atoms with E-state index in [1.807, 2.05) is 0 Å². The van der Waals surface area contributed by atoms with Gasteiger partial charge in [0.2, 0.25) is 0 Å². The molecular weight excluding hydrogens is 304 g/mol. The molecule has 0 saturated heterocycles. The van der Waals surface area contributed by atoms with Gasteiger partial charge in [-0.3, -0.25) is 4.79 Å². The van der Waals surface area contributed by atoms with Gasteiger partial charge in [0.15, 0.2) is 5.76 Å². The fourth-order valence-electron chi connectivity index (χ4n) is 2.42. The number of hydrogen-bond acceptors (Lipinski definition) is 4. The molecule has 1 amide bonds. The highest BCUT2D eigenvalue weighted by Crippen LogP contribution is 2.30. The predicted molar refractivity (Wildman–Crippen MR) is 82.7 cm³/mol. The molecule has 116 valence electrons. The predicted octanol–water partition coefficient (Wildman–Crippen LogP) is 3.33. The van der Waals surface area contributed by atoms with Gasteiger partial charge in [0.25, 0.3) is 5.91 Å². The summed E-state index contributed by atoms with van der Waals surface area (Å²) < 4.78 is 5.20. The summed E-state index contributed by atoms with van der Waals surface area (Å²) in [5.74, 6) is -0.0754. The van der Waals surface area contributed by atoms with Crippen molar-refractivity contribution in [3.05, 3.63) is 40.6 Å². The number of aliphatic hydroxyl groups is 1. The molecule has 1 aliphatic carbocycles. The molecule has 6 heteroatoms. The van der Waals surface area contributed by atoms with Crippen LogP contribution in [-0.4, -0.2) is 22.2 Å². The van der Waals surface area contributed by atoms with Gasteiger partial charge < -0.3 is 14.9 Å². The molecule has 0 aliphatic heterocycles. The van der Waals surface area contributed by atoms with Gasteiger partial charge in [-0.25, -0.2) is 0 Å². The van der Waals surface area contributed by atoms with E-state index < -0.39 is 6.10 Å². The molecule has 1 fully saturated rings. The number of carbonyl (C=O) groups excluding carboxylic acids is 1. The minimum absolute atomic E-state index is 0.182. The first kappa shape index (κ1) is 15.1. The van der Waals surface area contributed by atoms with Crippen molar-refractivity contribution in [2.24, 2.45) is 0 Å². The third-order valence-electron chi connectivity index (χ3n) is 3.88. The normalized spacial score (nSPS) is 16.1. The van der Waals surface area contributed by atoms with E-state index in [-0.39, 0.29) is 17.7 Å². The molecule has 0 radical (unpaired) electrons. The van der Waals surface area contributed by atoms with Gasteiger partial charge in [0, 0.05) is 16.6 Å². The Kier molecular flexibility index (Phi) is 4.18. The SMILES string of the molecule is CC(O)c1onc(-c2ccc(Cl)cc2)c1C(=O)NC1CCC1. The van der Waals surface area contributed by atoms with Crippen molar-refractivity contribution in [1.82, 2.24) is 10.5 Å². The van der Waals surface area contributed by atoms with Crippen molar-refractivity contribution >= 4 is 17.5 Å². The lowest BCUT2D eigenvalue weighted by atomic mass is 9.92. The fourth-order valence-corrected chi connectivity index (χ4v) is 2.55. The Morgan fingerprint density at radius 1 is 1.41 bits per heavy atom. The number of hydrogen-bond donors (Lipinski definition) is 2. The number of aliphatic hydroxyl groups excluding tert-OH is 1. The molecule has 0 bridgehead atoms. The average molecular weight is 321 g/mol. The van der Waals surface area contributed by atoms with Gasteiger partial charge in [0.05, 0.1) is 0 Å². The zero-order valence-electron chi connectivity index (χ0n) is 12.2. The second-order valence-electron chi connectivity index (χ2n) is 5.55. The molecule has 2 aromatic rings. The first-order valence-corrected chi connectivity index (χ1v) is 7.68. The van der Waals surface area contributed by atoms with Crippen LogP contribution < -0.4 is 5.32 Å². The lowest BCUT2D eigenvalue weighted by Gasteiger charge is -2.26. The molecule has 1 unspecified atom stereocenters. The minimum atomic E-state index is -0.907. The summed E-state index contributed by atoms with van der Waals surface area (Å²) in [5.41, 5.74) is 1.44. The van der Waals surface area contributed by atoms with Crippen LogP contribution in [0, 0.1) is 0 Å². The molecule has 1 aliphatic rings. The van der Waals surface area contributed by atoms with Crippen LogP contribution in [-0.2, 0) is 0 Å². The Hall–Kier alpha value is -1.85. The summed E-state index contributed by atoms with van der Waals surface area (Å²) in [5, 5.41) is 17.4. The smallest absolute Gasteiger partial charge is 0.257 e. The van der Waals surface area contributed by atoms with Crippen molar-refractivity contribution < 1.29 is 14.4 Å². The first-order valence-electron chi connectivity index (χ1n) is 7.30. The summed E-state index contributed by atoms with van der Waals surface area (Å²) in [7, 11) is 0. The molecular formula is C16H17ClN2O3. The van der Waals surface area contributed by atoms with Crippen molar-refractivity contribution in [3.63, 3.8) is 0 Å². The Morgan fingerprint density at radius 3 is 2.64 bits per heavy atom. The molecule has 5 nitrogen and oxygen atoms in total. The van der Waals surface area contributed by atoms with E-state index in [4.69, 9.17) is 16.1 Å². The number of nitrogens with zero attached hydrogens (tertiary/aromatic N) is 1. The van der Waals surface area contributed by atoms with Crippen molar-refractivity contribution in [3.8, 4) is 11.3 Å². The van der Waals surface area contributed by atoms with Crippen molar-refractivity contribution in [1.29, 1.82) is 0 Å². The Balaban J connectivity index is 1.98. The number of halogens is 1. The van der Waals surface area contributed by atoms with Crippen LogP contribution in [0.3, 0.4) is 0 Å². The number of amides is 1. The van der Waals surface area contributed by atoms with Crippen molar-refractivity contribution in [2.45, 2.75) is 38.3 Å². The topological polar surface area (TPSA) is 75.4 Å². The van der Waals surface area contributed by atoms with Gasteiger partial charge >= 0.3 is 0 Å². The molecule has 22 heavy (non-hydrogen) atoms. The number of benzene rings is 1. The molecule has 0 spiro atoms. The van der Waals surface area contributed by atoms with Crippen LogP contribution in [0.25, 0.3) is 11.3 Å². The Labute approximate surface area is 133 Å². The van der Waals surface area contributed by atoms with E-state index in [2.05, 4.69) is 10.5 Å². The second kappa shape index (κ2) is 6.10. The second-order valence-corrected chi connectivity index (χ2v) is 5.99. The molecule has 1 atom stereocenters. The molecule has 1 aromatic carbocycles. The number of aromatic nitrogens is 1. The van der Waals surface area contributed by atoms with E-state index in [1.165, 1.54) is 0 Å². The molecule has 3 rings (SSSR count). The molecule has 1 saturated carbocycles. The quantitative estimate of drug-likeness (QED) is 0.906. The van der Waals surface area contributed by atoms with Crippen LogP contribution in [0.4, 0.5) is 0 Å². The van der Waals surface area contributed by atoms with Crippen LogP contribution in [0.15, 0.2) is 28.8 Å². The third-order valence-corrected chi connectivity index (χ3v) is 4.14. The maximum Gasteiger partial charge on any atom is 0.257 e. The summed E-state index contributed by atoms with van der Waals surface area (Å²) >= 11 is 5.89. The highest BCUT2D eigenvalue weighted by Gasteiger charge is 2.29. The molecule has 2 N–H and O–H groups in total. The maximum absolute atomic E-state index is 12.5. The highest BCUT2D eigenvalue weighted by atomic mass is 35.5. The van der Waals surface area contributed by atoms with E-state index in [1.54, 1.807) is 31.2 Å². The summed E-state index contributed by atoms with van der Waals surface area (Å²) in [6.45, 7) is 1.55. The maximum atomic E-state index is 12.5. The number of rotatable bonds is 4. The zero-order chi connectivity index (χ0) is 15.7. The van der Waals surface area contributed by atoms with Gasteiger partial charge in [-0.2, -0.15) is 0 Å². The summed E-state index contributed by atoms with van der Waals surface area (Å²) in [6.07, 6.45) is 2.19. The van der Waals surface area contributed by atoms with Gasteiger partial charge in [0.1, 0.15) is 17.4 Å². The Morgan fingerprint density at radius 2 is 2.09 bits per heavy atom. The van der Waals surface area contributed by atoms with Crippen LogP contribution >= 0.6 is 11.6 Å². The lowest BCUT2D eigenvalue weighted by Crippen LogP contribution is -2.39. The first-order chi connectivity index (χ1) is 10.6. The van der Waals surface area contributed by atoms with Gasteiger partial charge in [-0.15, -0.1) is 0 Å². The van der Waals surface area contributed by atoms with Crippen molar-refractivity contribution in [2.75, 3.05) is 0 Å². The molecule has 1 aromatic heterocycles. The van der Waals surface area contributed by atoms with Gasteiger partial charge in [-0.1, -0.05) is 28.9 Å². The largest absolute Gasteiger partial charge is 0.385 e. The number of carbonyl (C=O) groups is 1. The third kappa shape index (κ3) is 2.87. The van der Waals surface area contributed by atoms with E-state index in [9.17, 15) is 9.90 Å². The fraction of sp³-hybridized carbons (Fsp3) is 0.375. The zero-order valence-corrected chi connectivity index (χ0v) is 12.9. The van der Waals surface area contributed by atoms with E-state index >= 15 is 0 Å². The minimum Gasteiger partial charge on any atom is -0.385 e. The van der Waals surface area contributed by atoms with Crippen LogP contribution in [0.5, 0.6) is 0 Å². The van der Waals surface area contributed by atoms with Crippen LogP contribution in [0.1, 0.15) is 48.4 Å². The summed E-state index contributed by atoms with van der Waals surface area (Å²) in [4.78, 5) is 12.5. The molecule has 1 heterocycles. The van der Waals surface area contributed by atoms with E-state index in [0.29, 0.717) is 16.3 Å². The lowest BCUT2D eigenvalue weighted by molar-refractivity contribution is 0.0904. The van der Waals surface area contributed by atoms with Gasteiger partial charge in [-0.05, 0) is 38.3 Å². The summed E-state index contributed by atoms with van der Waals surface area (Å²) in [6, 6.07) is 7.18. The van der Waals surface area contributed by atoms with E-state index in [0.717, 1.165) is 24.8 Å². The highest BCUT2D eigenvalue weighted by molar-refractivity contribution is 6.30. The monoisotopic (exact) mass is 320 g/mol.